The third kappa shape index (κ3) is 7.77. The molecule has 0 atom stereocenters. The van der Waals surface area contributed by atoms with Gasteiger partial charge in [0.1, 0.15) is 0 Å². The van der Waals surface area contributed by atoms with Gasteiger partial charge in [0.05, 0.1) is 11.5 Å². The third-order valence-corrected chi connectivity index (χ3v) is 10.6. The summed E-state index contributed by atoms with van der Waals surface area (Å²) in [6.07, 6.45) is 10.9. The average molecular weight is 824 g/mol. The molecule has 0 bridgehead atoms. The van der Waals surface area contributed by atoms with E-state index in [0.717, 1.165) is 60.9 Å². The summed E-state index contributed by atoms with van der Waals surface area (Å²) in [5.74, 6) is 0.547. The van der Waals surface area contributed by atoms with Gasteiger partial charge in [-0.2, -0.15) is 0 Å². The first-order chi connectivity index (χ1) is 22.1. The number of carbonyl (C=O) groups excluding carboxylic acids is 1. The van der Waals surface area contributed by atoms with Crippen LogP contribution >= 0.6 is 11.3 Å². The largest absolute Gasteiger partial charge is 0.512 e. The minimum atomic E-state index is 0. The van der Waals surface area contributed by atoms with Crippen LogP contribution in [0, 0.1) is 17.9 Å². The van der Waals surface area contributed by atoms with Gasteiger partial charge in [-0.05, 0) is 67.0 Å². The Bertz CT molecular complexity index is 1880. The first kappa shape index (κ1) is 36.7. The SMILES string of the molecule is CC(C)(C)c1cc(-c2nccc3c4c(sc23)CCc2cccnc2-4)[c-]c2ccccc12.CCC(CC)C(=O)/C=C(\O)C(CC)CC.[Ir]. The molecule has 5 aromatic rings. The standard InChI is InChI=1S/C28H23N2S.C13H24O2.Ir/c1-28(2,3)22-16-19(15-18-7-4-5-9-20(18)22)26-27-21(12-14-30-26)24-23(31-27)11-10-17-8-6-13-29-25(17)24;1-5-10(6-2)12(14)9-13(15)11(7-3)8-4;/h4-9,12-14,16H,10-11H2,1-3H3;9-11,14H,5-8H2,1-4H3;/q-1;;/b;12-9-;. The predicted molar refractivity (Wildman–Crippen MR) is 195 cm³/mol. The van der Waals surface area contributed by atoms with E-state index in [-0.39, 0.29) is 48.9 Å². The molecule has 47 heavy (non-hydrogen) atoms. The predicted octanol–water partition coefficient (Wildman–Crippen LogP) is 11.2. The molecule has 0 saturated carbocycles. The van der Waals surface area contributed by atoms with Crippen LogP contribution in [-0.2, 0) is 43.2 Å². The van der Waals surface area contributed by atoms with E-state index in [0.29, 0.717) is 0 Å². The van der Waals surface area contributed by atoms with Crippen molar-refractivity contribution in [2.75, 3.05) is 0 Å². The quantitative estimate of drug-likeness (QED) is 0.0962. The van der Waals surface area contributed by atoms with Gasteiger partial charge in [0.25, 0.3) is 0 Å². The van der Waals surface area contributed by atoms with Crippen molar-refractivity contribution in [2.24, 2.45) is 11.8 Å². The number of aliphatic hydroxyl groups excluding tert-OH is 1. The zero-order valence-electron chi connectivity index (χ0n) is 28.7. The summed E-state index contributed by atoms with van der Waals surface area (Å²) in [6.45, 7) is 14.9. The van der Waals surface area contributed by atoms with E-state index in [9.17, 15) is 9.90 Å². The number of aromatic nitrogens is 2. The molecular formula is C41H47IrN2O2S-. The number of rotatable bonds is 8. The first-order valence-electron chi connectivity index (χ1n) is 16.9. The van der Waals surface area contributed by atoms with E-state index in [1.54, 1.807) is 0 Å². The molecule has 1 radical (unpaired) electrons. The second-order valence-electron chi connectivity index (χ2n) is 13.3. The molecule has 0 aliphatic heterocycles. The molecule has 1 N–H and O–H groups in total. The summed E-state index contributed by atoms with van der Waals surface area (Å²) in [6, 6.07) is 21.0. The molecule has 3 aromatic heterocycles. The van der Waals surface area contributed by atoms with Crippen molar-refractivity contribution in [1.82, 2.24) is 9.97 Å². The number of fused-ring (bicyclic) bond motifs is 6. The minimum absolute atomic E-state index is 0. The van der Waals surface area contributed by atoms with Gasteiger partial charge in [-0.1, -0.05) is 83.7 Å². The molecule has 1 aliphatic rings. The van der Waals surface area contributed by atoms with Crippen LogP contribution in [0.1, 0.15) is 90.2 Å². The summed E-state index contributed by atoms with van der Waals surface area (Å²) < 4.78 is 1.25. The topological polar surface area (TPSA) is 63.1 Å². The molecule has 4 nitrogen and oxygen atoms in total. The normalized spacial score (nSPS) is 12.8. The van der Waals surface area contributed by atoms with Gasteiger partial charge >= 0.3 is 0 Å². The minimum Gasteiger partial charge on any atom is -0.512 e. The summed E-state index contributed by atoms with van der Waals surface area (Å²) in [7, 11) is 0. The second-order valence-corrected chi connectivity index (χ2v) is 14.4. The number of ketones is 1. The maximum atomic E-state index is 11.7. The zero-order valence-corrected chi connectivity index (χ0v) is 32.0. The molecule has 6 heteroatoms. The average Bonchev–Trinajstić information content (AvgIpc) is 3.45. The number of thiophene rings is 1. The monoisotopic (exact) mass is 824 g/mol. The van der Waals surface area contributed by atoms with Gasteiger partial charge in [-0.15, -0.1) is 40.5 Å². The Balaban J connectivity index is 0.000000269. The molecule has 1 aliphatic carbocycles. The Morgan fingerprint density at radius 1 is 0.894 bits per heavy atom. The van der Waals surface area contributed by atoms with Gasteiger partial charge in [0.15, 0.2) is 5.78 Å². The fraction of sp³-hybridized carbons (Fsp3) is 0.390. The summed E-state index contributed by atoms with van der Waals surface area (Å²) in [4.78, 5) is 22.8. The number of hydrogen-bond donors (Lipinski definition) is 1. The van der Waals surface area contributed by atoms with E-state index in [2.05, 4.69) is 69.3 Å². The summed E-state index contributed by atoms with van der Waals surface area (Å²) in [5, 5.41) is 13.4. The van der Waals surface area contributed by atoms with Crippen LogP contribution in [0.5, 0.6) is 0 Å². The molecule has 2 aromatic carbocycles. The number of aliphatic hydroxyl groups is 1. The van der Waals surface area contributed by atoms with Crippen LogP contribution in [0.3, 0.4) is 0 Å². The van der Waals surface area contributed by atoms with Crippen molar-refractivity contribution >= 4 is 38.0 Å². The molecule has 0 amide bonds. The van der Waals surface area contributed by atoms with Crippen LogP contribution in [0.4, 0.5) is 0 Å². The van der Waals surface area contributed by atoms with Crippen LogP contribution in [0.15, 0.2) is 72.8 Å². The maximum absolute atomic E-state index is 11.7. The molecule has 249 valence electrons. The Morgan fingerprint density at radius 2 is 1.57 bits per heavy atom. The van der Waals surface area contributed by atoms with E-state index in [1.807, 2.05) is 57.5 Å². The number of allylic oxidation sites excluding steroid dienone is 2. The van der Waals surface area contributed by atoms with E-state index >= 15 is 0 Å². The van der Waals surface area contributed by atoms with Crippen molar-refractivity contribution in [2.45, 2.75) is 92.4 Å². The van der Waals surface area contributed by atoms with Gasteiger partial charge in [0.2, 0.25) is 0 Å². The molecule has 0 spiro atoms. The Labute approximate surface area is 298 Å². The molecule has 3 heterocycles. The van der Waals surface area contributed by atoms with Crippen LogP contribution in [0.2, 0.25) is 0 Å². The molecule has 0 fully saturated rings. The Hall–Kier alpha value is -3.18. The molecule has 6 rings (SSSR count). The van der Waals surface area contributed by atoms with Crippen molar-refractivity contribution in [3.05, 3.63) is 94.8 Å². The number of benzene rings is 2. The van der Waals surface area contributed by atoms with Gasteiger partial charge in [-0.3, -0.25) is 14.8 Å². The van der Waals surface area contributed by atoms with Crippen molar-refractivity contribution in [3.8, 4) is 22.5 Å². The number of nitrogens with zero attached hydrogens (tertiary/aromatic N) is 2. The fourth-order valence-electron chi connectivity index (χ4n) is 6.57. The first-order valence-corrected chi connectivity index (χ1v) is 17.7. The maximum Gasteiger partial charge on any atom is 0.162 e. The van der Waals surface area contributed by atoms with E-state index in [1.165, 1.54) is 43.1 Å². The van der Waals surface area contributed by atoms with Crippen LogP contribution in [-0.4, -0.2) is 20.9 Å². The van der Waals surface area contributed by atoms with Gasteiger partial charge < -0.3 is 5.11 Å². The third-order valence-electron chi connectivity index (χ3n) is 9.35. The second kappa shape index (κ2) is 15.8. The summed E-state index contributed by atoms with van der Waals surface area (Å²) >= 11 is 1.88. The number of pyridine rings is 2. The molecule has 0 saturated heterocycles. The number of carbonyl (C=O) groups is 1. The Kier molecular flexibility index (Phi) is 12.3. The Morgan fingerprint density at radius 3 is 2.26 bits per heavy atom. The number of aryl methyl sites for hydroxylation is 2. The van der Waals surface area contributed by atoms with Gasteiger partial charge in [-0.25, -0.2) is 0 Å². The van der Waals surface area contributed by atoms with Crippen LogP contribution < -0.4 is 0 Å². The van der Waals surface area contributed by atoms with Gasteiger partial charge in [0, 0.05) is 71.2 Å². The molecular weight excluding hydrogens is 777 g/mol. The van der Waals surface area contributed by atoms with Crippen molar-refractivity contribution in [1.29, 1.82) is 0 Å². The van der Waals surface area contributed by atoms with E-state index in [4.69, 9.17) is 9.97 Å². The smallest absolute Gasteiger partial charge is 0.162 e. The van der Waals surface area contributed by atoms with Crippen molar-refractivity contribution < 1.29 is 30.0 Å². The van der Waals surface area contributed by atoms with Crippen molar-refractivity contribution in [3.63, 3.8) is 0 Å². The summed E-state index contributed by atoms with van der Waals surface area (Å²) in [5.41, 5.74) is 7.28. The zero-order chi connectivity index (χ0) is 33.0. The van der Waals surface area contributed by atoms with E-state index < -0.39 is 0 Å². The van der Waals surface area contributed by atoms with Crippen LogP contribution in [0.25, 0.3) is 43.4 Å². The molecule has 0 unspecified atom stereocenters. The fourth-order valence-corrected chi connectivity index (χ4v) is 7.87. The number of hydrogen-bond acceptors (Lipinski definition) is 5.